The molecule has 1 fully saturated rings. The van der Waals surface area contributed by atoms with Gasteiger partial charge >= 0.3 is 0 Å². The van der Waals surface area contributed by atoms with Gasteiger partial charge in [-0.3, -0.25) is 9.69 Å². The highest BCUT2D eigenvalue weighted by Crippen LogP contribution is 2.38. The number of likely N-dealkylation sites (tertiary alicyclic amines) is 1. The molecule has 32 heavy (non-hydrogen) atoms. The van der Waals surface area contributed by atoms with Crippen molar-refractivity contribution in [1.82, 2.24) is 9.47 Å². The van der Waals surface area contributed by atoms with Crippen LogP contribution in [0.3, 0.4) is 0 Å². The second-order valence-electron chi connectivity index (χ2n) is 8.56. The summed E-state index contributed by atoms with van der Waals surface area (Å²) in [5, 5.41) is 11.3. The summed E-state index contributed by atoms with van der Waals surface area (Å²) in [6, 6.07) is 21.6. The van der Waals surface area contributed by atoms with E-state index in [1.54, 1.807) is 35.0 Å². The van der Waals surface area contributed by atoms with Crippen molar-refractivity contribution in [1.29, 1.82) is 0 Å². The molecule has 0 amide bonds. The van der Waals surface area contributed by atoms with Crippen molar-refractivity contribution >= 4 is 0 Å². The fourth-order valence-corrected chi connectivity index (χ4v) is 4.35. The van der Waals surface area contributed by atoms with Crippen molar-refractivity contribution in [2.75, 3.05) is 19.7 Å². The molecule has 0 saturated carbocycles. The van der Waals surface area contributed by atoms with E-state index >= 15 is 0 Å². The van der Waals surface area contributed by atoms with Crippen LogP contribution in [-0.2, 0) is 13.1 Å². The van der Waals surface area contributed by atoms with Gasteiger partial charge in [0.1, 0.15) is 0 Å². The molecule has 1 aliphatic heterocycles. The van der Waals surface area contributed by atoms with Crippen LogP contribution < -0.4 is 10.3 Å². The molecule has 2 heterocycles. The van der Waals surface area contributed by atoms with Crippen LogP contribution in [0.5, 0.6) is 5.75 Å². The van der Waals surface area contributed by atoms with E-state index in [1.165, 1.54) is 17.7 Å². The van der Waals surface area contributed by atoms with Gasteiger partial charge in [0.25, 0.3) is 5.56 Å². The molecule has 1 aromatic heterocycles. The second kappa shape index (κ2) is 10.1. The number of para-hydroxylation sites is 1. The van der Waals surface area contributed by atoms with Gasteiger partial charge in [0.05, 0.1) is 19.4 Å². The normalized spacial score (nSPS) is 21.4. The number of nitrogens with zero attached hydrogens (tertiary/aromatic N) is 2. The number of piperidine rings is 1. The summed E-state index contributed by atoms with van der Waals surface area (Å²) >= 11 is 0. The Labute approximate surface area is 187 Å². The van der Waals surface area contributed by atoms with Gasteiger partial charge in [0.2, 0.25) is 0 Å². The molecule has 168 valence electrons. The van der Waals surface area contributed by atoms with E-state index in [1.807, 2.05) is 24.3 Å². The van der Waals surface area contributed by atoms with Crippen LogP contribution in [0.25, 0.3) is 0 Å². The van der Waals surface area contributed by atoms with Gasteiger partial charge in [-0.05, 0) is 43.0 Å². The summed E-state index contributed by atoms with van der Waals surface area (Å²) in [6.45, 7) is 1.81. The summed E-state index contributed by atoms with van der Waals surface area (Å²) in [5.74, 6) is -0.196. The maximum absolute atomic E-state index is 14.1. The lowest BCUT2D eigenvalue weighted by Gasteiger charge is -2.45. The molecular formula is C26H29FN2O3. The first-order valence-electron chi connectivity index (χ1n) is 11.0. The Morgan fingerprint density at radius 1 is 1.03 bits per heavy atom. The quantitative estimate of drug-likeness (QED) is 0.585. The van der Waals surface area contributed by atoms with Crippen LogP contribution in [0.4, 0.5) is 4.39 Å². The average Bonchev–Trinajstić information content (AvgIpc) is 2.81. The topological polar surface area (TPSA) is 54.7 Å². The predicted molar refractivity (Wildman–Crippen MR) is 122 cm³/mol. The highest BCUT2D eigenvalue weighted by Gasteiger charge is 2.43. The van der Waals surface area contributed by atoms with Gasteiger partial charge in [0, 0.05) is 30.8 Å². The fourth-order valence-electron chi connectivity index (χ4n) is 4.35. The third kappa shape index (κ3) is 5.26. The van der Waals surface area contributed by atoms with Crippen LogP contribution in [0.15, 0.2) is 83.8 Å². The van der Waals surface area contributed by atoms with Gasteiger partial charge in [-0.1, -0.05) is 48.5 Å². The Hall–Kier alpha value is -2.96. The standard InChI is InChI=1S/C26H29FN2O3/c27-22-10-4-5-11-23(22)32-19-26(14-13-21-8-2-1-3-9-21)15-17-28(18-24(26)30)20-29-16-7-6-12-25(29)31/h1-12,16,24,30H,13-15,17-20H2. The molecule has 0 bridgehead atoms. The highest BCUT2D eigenvalue weighted by atomic mass is 19.1. The molecule has 4 rings (SSSR count). The molecule has 0 aliphatic carbocycles. The predicted octanol–water partition coefficient (Wildman–Crippen LogP) is 3.71. The van der Waals surface area contributed by atoms with Crippen LogP contribution >= 0.6 is 0 Å². The zero-order valence-electron chi connectivity index (χ0n) is 18.1. The van der Waals surface area contributed by atoms with Crippen molar-refractivity contribution in [2.24, 2.45) is 5.41 Å². The molecule has 2 aromatic carbocycles. The molecule has 5 nitrogen and oxygen atoms in total. The number of halogens is 1. The Morgan fingerprint density at radius 3 is 2.53 bits per heavy atom. The largest absolute Gasteiger partial charge is 0.490 e. The first kappa shape index (κ1) is 22.2. The van der Waals surface area contributed by atoms with Crippen molar-refractivity contribution in [3.8, 4) is 5.75 Å². The lowest BCUT2D eigenvalue weighted by molar-refractivity contribution is -0.0798. The molecule has 6 heteroatoms. The Bertz CT molecular complexity index is 1070. The van der Waals surface area contributed by atoms with E-state index in [0.29, 0.717) is 26.2 Å². The molecule has 0 spiro atoms. The third-order valence-corrected chi connectivity index (χ3v) is 6.42. The SMILES string of the molecule is O=c1ccccn1CN1CCC(CCc2ccccc2)(COc2ccccc2F)C(O)C1. The number of pyridine rings is 1. The summed E-state index contributed by atoms with van der Waals surface area (Å²) in [5.41, 5.74) is 0.630. The van der Waals surface area contributed by atoms with Crippen molar-refractivity contribution in [3.05, 3.63) is 101 Å². The summed E-state index contributed by atoms with van der Waals surface area (Å²) in [7, 11) is 0. The second-order valence-corrected chi connectivity index (χ2v) is 8.56. The van der Waals surface area contributed by atoms with Crippen LogP contribution in [0.2, 0.25) is 0 Å². The third-order valence-electron chi connectivity index (χ3n) is 6.42. The van der Waals surface area contributed by atoms with Gasteiger partial charge in [-0.25, -0.2) is 4.39 Å². The number of benzene rings is 2. The van der Waals surface area contributed by atoms with Crippen molar-refractivity contribution < 1.29 is 14.2 Å². The lowest BCUT2D eigenvalue weighted by Crippen LogP contribution is -2.54. The Kier molecular flexibility index (Phi) is 7.02. The van der Waals surface area contributed by atoms with Gasteiger partial charge < -0.3 is 14.4 Å². The Balaban J connectivity index is 1.48. The summed E-state index contributed by atoms with van der Waals surface area (Å²) in [6.07, 6.45) is 3.32. The number of aromatic nitrogens is 1. The van der Waals surface area contributed by atoms with Gasteiger partial charge in [-0.15, -0.1) is 0 Å². The van der Waals surface area contributed by atoms with E-state index in [2.05, 4.69) is 17.0 Å². The van der Waals surface area contributed by atoms with E-state index in [9.17, 15) is 14.3 Å². The molecule has 3 aromatic rings. The maximum atomic E-state index is 14.1. The number of β-amino-alcohol motifs (C(OH)–C–C–N with tert-alkyl or cyclic N) is 1. The number of aliphatic hydroxyl groups excluding tert-OH is 1. The molecule has 1 N–H and O–H groups in total. The zero-order chi connectivity index (χ0) is 22.4. The smallest absolute Gasteiger partial charge is 0.251 e. The van der Waals surface area contributed by atoms with Gasteiger partial charge in [-0.2, -0.15) is 0 Å². The minimum absolute atomic E-state index is 0.0641. The highest BCUT2D eigenvalue weighted by molar-refractivity contribution is 5.24. The van der Waals surface area contributed by atoms with Crippen molar-refractivity contribution in [2.45, 2.75) is 32.0 Å². The molecule has 2 unspecified atom stereocenters. The Morgan fingerprint density at radius 2 is 1.78 bits per heavy atom. The number of ether oxygens (including phenoxy) is 1. The van der Waals surface area contributed by atoms with Crippen LogP contribution in [0.1, 0.15) is 18.4 Å². The van der Waals surface area contributed by atoms with Crippen LogP contribution in [0, 0.1) is 11.2 Å². The number of aliphatic hydroxyl groups is 1. The number of aryl methyl sites for hydroxylation is 1. The molecule has 0 radical (unpaired) electrons. The molecule has 2 atom stereocenters. The first-order chi connectivity index (χ1) is 15.6. The fraction of sp³-hybridized carbons (Fsp3) is 0.346. The van der Waals surface area contributed by atoms with E-state index in [-0.39, 0.29) is 17.9 Å². The van der Waals surface area contributed by atoms with Gasteiger partial charge in [0.15, 0.2) is 11.6 Å². The first-order valence-corrected chi connectivity index (χ1v) is 11.0. The zero-order valence-corrected chi connectivity index (χ0v) is 18.1. The maximum Gasteiger partial charge on any atom is 0.251 e. The molecule has 1 aliphatic rings. The monoisotopic (exact) mass is 436 g/mol. The minimum atomic E-state index is -0.661. The average molecular weight is 437 g/mol. The number of hydrogen-bond donors (Lipinski definition) is 1. The van der Waals surface area contributed by atoms with E-state index in [4.69, 9.17) is 4.74 Å². The van der Waals surface area contributed by atoms with Crippen molar-refractivity contribution in [3.63, 3.8) is 0 Å². The number of hydrogen-bond acceptors (Lipinski definition) is 4. The summed E-state index contributed by atoms with van der Waals surface area (Å²) < 4.78 is 21.7. The number of rotatable bonds is 8. The van der Waals surface area contributed by atoms with E-state index < -0.39 is 17.3 Å². The van der Waals surface area contributed by atoms with E-state index in [0.717, 1.165) is 12.8 Å². The molecule has 1 saturated heterocycles. The minimum Gasteiger partial charge on any atom is -0.490 e. The lowest BCUT2D eigenvalue weighted by atomic mass is 9.72. The summed E-state index contributed by atoms with van der Waals surface area (Å²) in [4.78, 5) is 14.2. The van der Waals surface area contributed by atoms with Crippen LogP contribution in [-0.4, -0.2) is 40.4 Å². The molecular weight excluding hydrogens is 407 g/mol.